The van der Waals surface area contributed by atoms with E-state index in [1.54, 1.807) is 20.7 Å². The van der Waals surface area contributed by atoms with Gasteiger partial charge in [0.25, 0.3) is 0 Å². The van der Waals surface area contributed by atoms with Gasteiger partial charge in [-0.3, -0.25) is 0 Å². The molecule has 0 saturated carbocycles. The van der Waals surface area contributed by atoms with Gasteiger partial charge < -0.3 is 0 Å². The van der Waals surface area contributed by atoms with Crippen LogP contribution >= 0.6 is 0 Å². The van der Waals surface area contributed by atoms with Crippen molar-refractivity contribution in [3.05, 3.63) is 119 Å². The monoisotopic (exact) mass is 448 g/mol. The van der Waals surface area contributed by atoms with Crippen LogP contribution in [-0.4, -0.2) is 15.2 Å². The lowest BCUT2D eigenvalue weighted by molar-refractivity contribution is 1.27. The van der Waals surface area contributed by atoms with Crippen molar-refractivity contribution >= 4 is 35.9 Å². The first-order valence-corrected chi connectivity index (χ1v) is 17.2. The van der Waals surface area contributed by atoms with Gasteiger partial charge in [-0.05, 0) is 27.7 Å². The molecular formula is C30H32Si2. The van der Waals surface area contributed by atoms with E-state index in [2.05, 4.69) is 125 Å². The molecule has 5 rings (SSSR count). The first-order chi connectivity index (χ1) is 15.5. The average molecular weight is 449 g/mol. The molecule has 0 amide bonds. The van der Waals surface area contributed by atoms with Crippen molar-refractivity contribution in [1.82, 2.24) is 0 Å². The fraction of sp³-hybridized carbons (Fsp3) is 0.200. The fourth-order valence-corrected chi connectivity index (χ4v) is 26.2. The van der Waals surface area contributed by atoms with Crippen molar-refractivity contribution in [1.29, 1.82) is 0 Å². The van der Waals surface area contributed by atoms with Crippen LogP contribution in [0, 0.1) is 27.7 Å². The molecule has 0 bridgehead atoms. The average Bonchev–Trinajstić information content (AvgIpc) is 2.74. The molecule has 1 saturated heterocycles. The summed E-state index contributed by atoms with van der Waals surface area (Å²) in [5, 5.41) is 6.51. The highest BCUT2D eigenvalue weighted by molar-refractivity contribution is 7.63. The van der Waals surface area contributed by atoms with Crippen LogP contribution in [0.4, 0.5) is 0 Å². The minimum atomic E-state index is -2.03. The molecule has 1 heterocycles. The Kier molecular flexibility index (Phi) is 5.31. The van der Waals surface area contributed by atoms with Gasteiger partial charge in [-0.1, -0.05) is 152 Å². The number of rotatable bonds is 4. The quantitative estimate of drug-likeness (QED) is 0.392. The summed E-state index contributed by atoms with van der Waals surface area (Å²) in [6.45, 7) is 9.01. The van der Waals surface area contributed by atoms with Crippen LogP contribution in [0.15, 0.2) is 97.1 Å². The van der Waals surface area contributed by atoms with Crippen LogP contribution in [0.1, 0.15) is 22.3 Å². The Morgan fingerprint density at radius 3 is 0.844 bits per heavy atom. The zero-order valence-corrected chi connectivity index (χ0v) is 21.7. The Hall–Kier alpha value is -2.69. The zero-order chi connectivity index (χ0) is 22.3. The van der Waals surface area contributed by atoms with Gasteiger partial charge in [0, 0.05) is 0 Å². The molecule has 0 radical (unpaired) electrons. The molecule has 2 heteroatoms. The van der Waals surface area contributed by atoms with Crippen LogP contribution < -0.4 is 20.7 Å². The van der Waals surface area contributed by atoms with Gasteiger partial charge in [0.15, 0.2) is 0 Å². The van der Waals surface area contributed by atoms with Crippen LogP contribution in [0.25, 0.3) is 0 Å². The minimum absolute atomic E-state index is 1.34. The maximum absolute atomic E-state index is 2.51. The summed E-state index contributed by atoms with van der Waals surface area (Å²) in [5.41, 5.74) is 5.52. The molecule has 32 heavy (non-hydrogen) atoms. The molecule has 0 spiro atoms. The van der Waals surface area contributed by atoms with Crippen molar-refractivity contribution < 1.29 is 0 Å². The fourth-order valence-electron chi connectivity index (χ4n) is 6.16. The van der Waals surface area contributed by atoms with Crippen molar-refractivity contribution in [2.75, 3.05) is 0 Å². The Morgan fingerprint density at radius 1 is 0.406 bits per heavy atom. The van der Waals surface area contributed by atoms with Crippen molar-refractivity contribution in [2.24, 2.45) is 0 Å². The third-order valence-corrected chi connectivity index (χ3v) is 26.1. The third kappa shape index (κ3) is 3.16. The molecule has 0 nitrogen and oxygen atoms in total. The van der Waals surface area contributed by atoms with Crippen molar-refractivity contribution in [2.45, 2.75) is 39.8 Å². The molecule has 0 aromatic heterocycles. The maximum Gasteiger partial charge on any atom is 0.121 e. The van der Waals surface area contributed by atoms with E-state index in [9.17, 15) is 0 Å². The van der Waals surface area contributed by atoms with E-state index < -0.39 is 15.2 Å². The molecule has 0 N–H and O–H groups in total. The van der Waals surface area contributed by atoms with Crippen molar-refractivity contribution in [3.8, 4) is 0 Å². The molecule has 4 aromatic rings. The summed E-state index contributed by atoms with van der Waals surface area (Å²) in [4.78, 5) is 0. The second-order valence-electron chi connectivity index (χ2n) is 9.79. The van der Waals surface area contributed by atoms with Gasteiger partial charge in [0.2, 0.25) is 0 Å². The molecule has 160 valence electrons. The van der Waals surface area contributed by atoms with Gasteiger partial charge in [-0.25, -0.2) is 0 Å². The highest BCUT2D eigenvalue weighted by Gasteiger charge is 2.65. The second kappa shape index (κ2) is 8.02. The SMILES string of the molecule is Cc1cccc([Si]2(c3cccc(C)c3)CC[Si]2(c2cccc(C)c2)c2cccc(C)c2)c1. The maximum atomic E-state index is 2.51. The number of benzene rings is 4. The molecular weight excluding hydrogens is 417 g/mol. The highest BCUT2D eigenvalue weighted by Crippen LogP contribution is 2.40. The summed E-state index contributed by atoms with van der Waals surface area (Å²) in [5.74, 6) is 0. The molecule has 1 aliphatic heterocycles. The van der Waals surface area contributed by atoms with E-state index in [1.165, 1.54) is 34.3 Å². The summed E-state index contributed by atoms with van der Waals surface area (Å²) in [7, 11) is -4.05. The minimum Gasteiger partial charge on any atom is -0.0628 e. The van der Waals surface area contributed by atoms with E-state index in [0.29, 0.717) is 0 Å². The number of aryl methyl sites for hydroxylation is 4. The summed E-state index contributed by atoms with van der Waals surface area (Å²) < 4.78 is 0. The lowest BCUT2D eigenvalue weighted by Crippen LogP contribution is -2.91. The second-order valence-corrected chi connectivity index (χ2v) is 21.8. The Morgan fingerprint density at radius 2 is 0.656 bits per heavy atom. The largest absolute Gasteiger partial charge is 0.121 e. The van der Waals surface area contributed by atoms with Crippen LogP contribution in [0.3, 0.4) is 0 Å². The van der Waals surface area contributed by atoms with E-state index in [0.717, 1.165) is 0 Å². The van der Waals surface area contributed by atoms with Crippen LogP contribution in [0.5, 0.6) is 0 Å². The molecule has 1 aliphatic rings. The lowest BCUT2D eigenvalue weighted by Gasteiger charge is -2.58. The van der Waals surface area contributed by atoms with Crippen LogP contribution in [0.2, 0.25) is 12.1 Å². The smallest absolute Gasteiger partial charge is 0.0628 e. The molecule has 4 aromatic carbocycles. The van der Waals surface area contributed by atoms with E-state index in [4.69, 9.17) is 0 Å². The van der Waals surface area contributed by atoms with Gasteiger partial charge in [-0.2, -0.15) is 0 Å². The molecule has 0 atom stereocenters. The van der Waals surface area contributed by atoms with Gasteiger partial charge in [0.1, 0.15) is 15.2 Å². The van der Waals surface area contributed by atoms with E-state index >= 15 is 0 Å². The predicted molar refractivity (Wildman–Crippen MR) is 144 cm³/mol. The van der Waals surface area contributed by atoms with Gasteiger partial charge >= 0.3 is 0 Å². The Balaban J connectivity index is 1.90. The molecule has 0 unspecified atom stereocenters. The molecule has 1 fully saturated rings. The molecule has 0 aliphatic carbocycles. The summed E-state index contributed by atoms with van der Waals surface area (Å²) in [6, 6.07) is 40.7. The summed E-state index contributed by atoms with van der Waals surface area (Å²) >= 11 is 0. The topological polar surface area (TPSA) is 0 Å². The number of hydrogen-bond donors (Lipinski definition) is 0. The van der Waals surface area contributed by atoms with E-state index in [1.807, 2.05) is 0 Å². The number of hydrogen-bond acceptors (Lipinski definition) is 0. The first-order valence-electron chi connectivity index (χ1n) is 11.7. The predicted octanol–water partition coefficient (Wildman–Crippen LogP) is 4.84. The normalized spacial score (nSPS) is 16.4. The highest BCUT2D eigenvalue weighted by atomic mass is 29.3. The first kappa shape index (κ1) is 21.2. The Labute approximate surface area is 194 Å². The standard InChI is InChI=1S/C30H32Si2/c1-23-9-5-13-27(19-23)31(28-14-6-10-24(2)20-28)17-18-32(31,29-15-7-11-25(3)21-29)30-16-8-12-26(4)22-30/h5-16,19-22H,17-18H2,1-4H3. The zero-order valence-electron chi connectivity index (χ0n) is 19.7. The Bertz CT molecular complexity index is 1100. The lowest BCUT2D eigenvalue weighted by atomic mass is 10.2. The van der Waals surface area contributed by atoms with Gasteiger partial charge in [-0.15, -0.1) is 0 Å². The van der Waals surface area contributed by atoms with Crippen molar-refractivity contribution in [3.63, 3.8) is 0 Å². The van der Waals surface area contributed by atoms with Gasteiger partial charge in [0.05, 0.1) is 0 Å². The summed E-state index contributed by atoms with van der Waals surface area (Å²) in [6.07, 6.45) is 0. The third-order valence-electron chi connectivity index (χ3n) is 7.65. The van der Waals surface area contributed by atoms with Crippen LogP contribution in [-0.2, 0) is 0 Å². The van der Waals surface area contributed by atoms with E-state index in [-0.39, 0.29) is 0 Å².